The fourth-order valence-corrected chi connectivity index (χ4v) is 2.06. The van der Waals surface area contributed by atoms with Crippen molar-refractivity contribution in [2.24, 2.45) is 0 Å². The topological polar surface area (TPSA) is 43.3 Å². The number of rotatable bonds is 1. The molecule has 0 saturated heterocycles. The zero-order valence-corrected chi connectivity index (χ0v) is 9.75. The molecule has 0 fully saturated rings. The number of hydrogen-bond acceptors (Lipinski definition) is 2. The average Bonchev–Trinajstić information content (AvgIpc) is 2.46. The first-order chi connectivity index (χ1) is 6.61. The fourth-order valence-electron chi connectivity index (χ4n) is 1.53. The van der Waals surface area contributed by atoms with Gasteiger partial charge >= 0.3 is 0 Å². The van der Waals surface area contributed by atoms with Crippen molar-refractivity contribution in [3.63, 3.8) is 0 Å². The summed E-state index contributed by atoms with van der Waals surface area (Å²) in [4.78, 5) is 4.36. The lowest BCUT2D eigenvalue weighted by Crippen LogP contribution is -1.97. The highest BCUT2D eigenvalue weighted by molar-refractivity contribution is 9.10. The van der Waals surface area contributed by atoms with E-state index >= 15 is 0 Å². The van der Waals surface area contributed by atoms with Crippen LogP contribution in [0.2, 0.25) is 0 Å². The van der Waals surface area contributed by atoms with Gasteiger partial charge in [-0.2, -0.15) is 0 Å². The van der Waals surface area contributed by atoms with Gasteiger partial charge in [0.1, 0.15) is 11.6 Å². The van der Waals surface area contributed by atoms with Gasteiger partial charge in [-0.05, 0) is 28.1 Å². The van der Waals surface area contributed by atoms with E-state index in [1.54, 1.807) is 0 Å². The number of nitrogen functional groups attached to an aromatic ring is 1. The van der Waals surface area contributed by atoms with Gasteiger partial charge in [-0.3, -0.25) is 4.40 Å². The summed E-state index contributed by atoms with van der Waals surface area (Å²) in [5.41, 5.74) is 6.79. The summed E-state index contributed by atoms with van der Waals surface area (Å²) < 4.78 is 3.03. The van der Waals surface area contributed by atoms with Crippen molar-refractivity contribution in [3.8, 4) is 0 Å². The largest absolute Gasteiger partial charge is 0.382 e. The number of anilines is 1. The first kappa shape index (κ1) is 9.52. The molecule has 74 valence electrons. The quantitative estimate of drug-likeness (QED) is 0.795. The standard InChI is InChI=1S/C10H12BrN3/c1-6(2)10-13-9(12)7-4-3-5-8(11)14(7)10/h3-6H,12H2,1-2H3. The lowest BCUT2D eigenvalue weighted by atomic mass is 10.2. The number of halogens is 1. The van der Waals surface area contributed by atoms with Gasteiger partial charge in [-0.1, -0.05) is 19.9 Å². The molecule has 0 saturated carbocycles. The predicted molar refractivity (Wildman–Crippen MR) is 61.4 cm³/mol. The van der Waals surface area contributed by atoms with E-state index in [1.807, 2.05) is 22.6 Å². The zero-order valence-electron chi connectivity index (χ0n) is 8.16. The van der Waals surface area contributed by atoms with Crippen LogP contribution in [0.1, 0.15) is 25.6 Å². The maximum absolute atomic E-state index is 5.83. The Morgan fingerprint density at radius 1 is 1.43 bits per heavy atom. The molecule has 0 atom stereocenters. The average molecular weight is 254 g/mol. The van der Waals surface area contributed by atoms with Crippen molar-refractivity contribution >= 4 is 27.3 Å². The van der Waals surface area contributed by atoms with E-state index in [0.29, 0.717) is 11.7 Å². The molecular weight excluding hydrogens is 242 g/mol. The minimum absolute atomic E-state index is 0.360. The molecule has 2 heterocycles. The molecule has 2 rings (SSSR count). The highest BCUT2D eigenvalue weighted by Crippen LogP contribution is 2.25. The number of imidazole rings is 1. The first-order valence-electron chi connectivity index (χ1n) is 4.53. The molecular formula is C10H12BrN3. The monoisotopic (exact) mass is 253 g/mol. The fraction of sp³-hybridized carbons (Fsp3) is 0.300. The van der Waals surface area contributed by atoms with Crippen LogP contribution in [0.15, 0.2) is 22.8 Å². The van der Waals surface area contributed by atoms with E-state index in [4.69, 9.17) is 5.73 Å². The first-order valence-corrected chi connectivity index (χ1v) is 5.33. The summed E-state index contributed by atoms with van der Waals surface area (Å²) in [5.74, 6) is 1.94. The van der Waals surface area contributed by atoms with Crippen molar-refractivity contribution in [2.45, 2.75) is 19.8 Å². The molecule has 0 aliphatic heterocycles. The molecule has 0 unspecified atom stereocenters. The lowest BCUT2D eigenvalue weighted by Gasteiger charge is -2.05. The number of nitrogens with two attached hydrogens (primary N) is 1. The molecule has 0 amide bonds. The molecule has 0 aliphatic carbocycles. The smallest absolute Gasteiger partial charge is 0.149 e. The molecule has 0 bridgehead atoms. The SMILES string of the molecule is CC(C)c1nc(N)c2cccc(Br)n12. The highest BCUT2D eigenvalue weighted by Gasteiger charge is 2.12. The Hall–Kier alpha value is -1.03. The summed E-state index contributed by atoms with van der Waals surface area (Å²) in [5, 5.41) is 0. The maximum Gasteiger partial charge on any atom is 0.149 e. The van der Waals surface area contributed by atoms with Crippen LogP contribution >= 0.6 is 15.9 Å². The van der Waals surface area contributed by atoms with Crippen LogP contribution in [0.5, 0.6) is 0 Å². The van der Waals surface area contributed by atoms with Gasteiger partial charge in [-0.25, -0.2) is 4.98 Å². The van der Waals surface area contributed by atoms with Crippen LogP contribution in [0.25, 0.3) is 5.52 Å². The van der Waals surface area contributed by atoms with E-state index in [0.717, 1.165) is 15.9 Å². The second kappa shape index (κ2) is 3.28. The summed E-state index contributed by atoms with van der Waals surface area (Å²) in [6.45, 7) is 4.21. The second-order valence-corrected chi connectivity index (χ2v) is 4.39. The third-order valence-electron chi connectivity index (χ3n) is 2.19. The van der Waals surface area contributed by atoms with Gasteiger partial charge < -0.3 is 5.73 Å². The van der Waals surface area contributed by atoms with Crippen LogP contribution in [0.4, 0.5) is 5.82 Å². The molecule has 2 N–H and O–H groups in total. The van der Waals surface area contributed by atoms with Crippen LogP contribution in [0, 0.1) is 0 Å². The summed E-state index contributed by atoms with van der Waals surface area (Å²) in [6, 6.07) is 5.92. The van der Waals surface area contributed by atoms with Crippen molar-refractivity contribution in [1.29, 1.82) is 0 Å². The Bertz CT molecular complexity index is 473. The number of hydrogen-bond donors (Lipinski definition) is 1. The minimum atomic E-state index is 0.360. The van der Waals surface area contributed by atoms with Crippen LogP contribution in [-0.4, -0.2) is 9.38 Å². The van der Waals surface area contributed by atoms with E-state index in [9.17, 15) is 0 Å². The molecule has 2 aromatic heterocycles. The van der Waals surface area contributed by atoms with Gasteiger partial charge in [0, 0.05) is 5.92 Å². The summed E-state index contributed by atoms with van der Waals surface area (Å²) in [6.07, 6.45) is 0. The molecule has 0 spiro atoms. The highest BCUT2D eigenvalue weighted by atomic mass is 79.9. The molecule has 14 heavy (non-hydrogen) atoms. The van der Waals surface area contributed by atoms with E-state index < -0.39 is 0 Å². The Balaban J connectivity index is 2.86. The van der Waals surface area contributed by atoms with Gasteiger partial charge in [0.25, 0.3) is 0 Å². The van der Waals surface area contributed by atoms with Gasteiger partial charge in [0.15, 0.2) is 0 Å². The molecule has 0 aromatic carbocycles. The van der Waals surface area contributed by atoms with Crippen molar-refractivity contribution in [2.75, 3.05) is 5.73 Å². The Kier molecular flexibility index (Phi) is 2.23. The third-order valence-corrected chi connectivity index (χ3v) is 2.80. The second-order valence-electron chi connectivity index (χ2n) is 3.58. The number of pyridine rings is 1. The van der Waals surface area contributed by atoms with Crippen LogP contribution in [0.3, 0.4) is 0 Å². The van der Waals surface area contributed by atoms with Crippen LogP contribution < -0.4 is 5.73 Å². The zero-order chi connectivity index (χ0) is 10.3. The minimum Gasteiger partial charge on any atom is -0.382 e. The normalized spacial score (nSPS) is 11.4. The number of fused-ring (bicyclic) bond motifs is 1. The summed E-state index contributed by atoms with van der Waals surface area (Å²) in [7, 11) is 0. The molecule has 3 nitrogen and oxygen atoms in total. The van der Waals surface area contributed by atoms with Crippen molar-refractivity contribution in [1.82, 2.24) is 9.38 Å². The van der Waals surface area contributed by atoms with Gasteiger partial charge in [0.05, 0.1) is 10.1 Å². The number of nitrogens with zero attached hydrogens (tertiary/aromatic N) is 2. The Labute approximate surface area is 91.1 Å². The Morgan fingerprint density at radius 2 is 2.14 bits per heavy atom. The molecule has 4 heteroatoms. The van der Waals surface area contributed by atoms with Crippen molar-refractivity contribution < 1.29 is 0 Å². The van der Waals surface area contributed by atoms with E-state index in [1.165, 1.54) is 0 Å². The molecule has 2 aromatic rings. The predicted octanol–water partition coefficient (Wildman–Crippen LogP) is 2.80. The van der Waals surface area contributed by atoms with E-state index in [2.05, 4.69) is 34.8 Å². The maximum atomic E-state index is 5.83. The van der Waals surface area contributed by atoms with Gasteiger partial charge in [0.2, 0.25) is 0 Å². The number of aromatic nitrogens is 2. The lowest BCUT2D eigenvalue weighted by molar-refractivity contribution is 0.766. The van der Waals surface area contributed by atoms with E-state index in [-0.39, 0.29) is 0 Å². The Morgan fingerprint density at radius 3 is 2.79 bits per heavy atom. The molecule has 0 radical (unpaired) electrons. The van der Waals surface area contributed by atoms with Crippen molar-refractivity contribution in [3.05, 3.63) is 28.6 Å². The molecule has 0 aliphatic rings. The summed E-state index contributed by atoms with van der Waals surface area (Å²) >= 11 is 3.50. The van der Waals surface area contributed by atoms with Gasteiger partial charge in [-0.15, -0.1) is 0 Å². The van der Waals surface area contributed by atoms with Crippen LogP contribution in [-0.2, 0) is 0 Å². The third kappa shape index (κ3) is 1.30.